The molecule has 0 unspecified atom stereocenters. The lowest BCUT2D eigenvalue weighted by Gasteiger charge is -2.08. The molecule has 0 aromatic heterocycles. The monoisotopic (exact) mass is 337 g/mol. The van der Waals surface area contributed by atoms with Gasteiger partial charge in [0.2, 0.25) is 0 Å². The molecule has 2 rings (SSSR count). The molecule has 124 valence electrons. The number of hydrogen-bond donors (Lipinski definition) is 0. The maximum Gasteiger partial charge on any atom is 0.573 e. The van der Waals surface area contributed by atoms with Crippen LogP contribution in [0.2, 0.25) is 0 Å². The van der Waals surface area contributed by atoms with Gasteiger partial charge in [0.05, 0.1) is 18.1 Å². The summed E-state index contributed by atoms with van der Waals surface area (Å²) in [6.07, 6.45) is -4.93. The van der Waals surface area contributed by atoms with Gasteiger partial charge in [-0.3, -0.25) is 10.1 Å². The Morgan fingerprint density at radius 2 is 1.67 bits per heavy atom. The standard InChI is InChI=1S/C16H10F3NO4/c1-23-13-7-3-11(4-8-13)2-5-12-6-9-14(24-16(17,18)19)10-15(12)20(21)22/h3-4,6-10H,1H3. The number of halogens is 3. The fourth-order valence-corrected chi connectivity index (χ4v) is 1.78. The third kappa shape index (κ3) is 4.64. The first-order valence-electron chi connectivity index (χ1n) is 6.49. The maximum atomic E-state index is 12.2. The zero-order chi connectivity index (χ0) is 17.7. The molecule has 0 N–H and O–H groups in total. The number of rotatable bonds is 3. The first kappa shape index (κ1) is 17.1. The molecule has 2 aromatic carbocycles. The van der Waals surface area contributed by atoms with Gasteiger partial charge < -0.3 is 9.47 Å². The van der Waals surface area contributed by atoms with Crippen LogP contribution in [-0.2, 0) is 0 Å². The molecule has 0 spiro atoms. The van der Waals surface area contributed by atoms with E-state index in [1.807, 2.05) is 0 Å². The van der Waals surface area contributed by atoms with Crippen LogP contribution in [0.5, 0.6) is 11.5 Å². The molecule has 0 fully saturated rings. The summed E-state index contributed by atoms with van der Waals surface area (Å²) in [6, 6.07) is 9.40. The van der Waals surface area contributed by atoms with E-state index < -0.39 is 22.7 Å². The predicted octanol–water partition coefficient (Wildman–Crippen LogP) is 3.90. The van der Waals surface area contributed by atoms with Crippen molar-refractivity contribution in [1.29, 1.82) is 0 Å². The van der Waals surface area contributed by atoms with Crippen molar-refractivity contribution in [2.24, 2.45) is 0 Å². The molecule has 0 aliphatic carbocycles. The van der Waals surface area contributed by atoms with Gasteiger partial charge in [0.15, 0.2) is 0 Å². The second-order valence-corrected chi connectivity index (χ2v) is 4.46. The minimum atomic E-state index is -4.93. The molecule has 2 aromatic rings. The van der Waals surface area contributed by atoms with Crippen molar-refractivity contribution >= 4 is 5.69 Å². The zero-order valence-electron chi connectivity index (χ0n) is 12.3. The normalized spacial score (nSPS) is 10.5. The SMILES string of the molecule is COc1ccc(C#Cc2ccc(OC(F)(F)F)cc2[N+](=O)[O-])cc1. The van der Waals surface area contributed by atoms with Crippen molar-refractivity contribution in [3.05, 3.63) is 63.7 Å². The molecule has 5 nitrogen and oxygen atoms in total. The van der Waals surface area contributed by atoms with Crippen LogP contribution in [0.15, 0.2) is 42.5 Å². The second-order valence-electron chi connectivity index (χ2n) is 4.46. The van der Waals surface area contributed by atoms with Crippen LogP contribution in [-0.4, -0.2) is 18.4 Å². The van der Waals surface area contributed by atoms with Crippen LogP contribution in [0, 0.1) is 22.0 Å². The average molecular weight is 337 g/mol. The second kappa shape index (κ2) is 6.91. The van der Waals surface area contributed by atoms with Gasteiger partial charge in [0, 0.05) is 5.56 Å². The van der Waals surface area contributed by atoms with E-state index in [2.05, 4.69) is 16.6 Å². The molecule has 0 aliphatic heterocycles. The highest BCUT2D eigenvalue weighted by molar-refractivity contribution is 5.56. The first-order chi connectivity index (χ1) is 11.3. The fourth-order valence-electron chi connectivity index (χ4n) is 1.78. The van der Waals surface area contributed by atoms with Crippen molar-refractivity contribution in [2.45, 2.75) is 6.36 Å². The van der Waals surface area contributed by atoms with Gasteiger partial charge >= 0.3 is 6.36 Å². The number of alkyl halides is 3. The molecule has 0 bridgehead atoms. The van der Waals surface area contributed by atoms with Crippen LogP contribution >= 0.6 is 0 Å². The van der Waals surface area contributed by atoms with Gasteiger partial charge in [-0.25, -0.2) is 0 Å². The van der Waals surface area contributed by atoms with Gasteiger partial charge in [0.25, 0.3) is 5.69 Å². The van der Waals surface area contributed by atoms with Gasteiger partial charge in [0.1, 0.15) is 17.1 Å². The minimum Gasteiger partial charge on any atom is -0.497 e. The Morgan fingerprint density at radius 1 is 1.04 bits per heavy atom. The summed E-state index contributed by atoms with van der Waals surface area (Å²) in [7, 11) is 1.51. The molecular formula is C16H10F3NO4. The van der Waals surface area contributed by atoms with Crippen molar-refractivity contribution in [3.8, 4) is 23.3 Å². The summed E-state index contributed by atoms with van der Waals surface area (Å²) < 4.78 is 45.2. The molecule has 0 atom stereocenters. The highest BCUT2D eigenvalue weighted by Crippen LogP contribution is 2.28. The number of nitrogens with zero attached hydrogens (tertiary/aromatic N) is 1. The van der Waals surface area contributed by atoms with Crippen molar-refractivity contribution < 1.29 is 27.6 Å². The molecular weight excluding hydrogens is 327 g/mol. The Balaban J connectivity index is 2.33. The molecule has 0 amide bonds. The van der Waals surface area contributed by atoms with E-state index >= 15 is 0 Å². The van der Waals surface area contributed by atoms with E-state index in [-0.39, 0.29) is 5.56 Å². The largest absolute Gasteiger partial charge is 0.573 e. The molecule has 8 heteroatoms. The van der Waals surface area contributed by atoms with Gasteiger partial charge in [-0.15, -0.1) is 13.2 Å². The van der Waals surface area contributed by atoms with Crippen molar-refractivity contribution in [1.82, 2.24) is 0 Å². The summed E-state index contributed by atoms with van der Waals surface area (Å²) in [4.78, 5) is 10.2. The molecule has 0 aliphatic rings. The Hall–Kier alpha value is -3.21. The lowest BCUT2D eigenvalue weighted by Crippen LogP contribution is -2.17. The lowest BCUT2D eigenvalue weighted by molar-refractivity contribution is -0.385. The molecule has 24 heavy (non-hydrogen) atoms. The molecule has 0 saturated carbocycles. The van der Waals surface area contributed by atoms with E-state index in [9.17, 15) is 23.3 Å². The van der Waals surface area contributed by atoms with E-state index in [0.29, 0.717) is 17.4 Å². The van der Waals surface area contributed by atoms with Gasteiger partial charge in [-0.1, -0.05) is 11.8 Å². The van der Waals surface area contributed by atoms with Crippen LogP contribution < -0.4 is 9.47 Å². The maximum absolute atomic E-state index is 12.2. The first-order valence-corrected chi connectivity index (χ1v) is 6.49. The lowest BCUT2D eigenvalue weighted by atomic mass is 10.1. The van der Waals surface area contributed by atoms with E-state index in [1.54, 1.807) is 24.3 Å². The van der Waals surface area contributed by atoms with E-state index in [4.69, 9.17) is 4.74 Å². The number of ether oxygens (including phenoxy) is 2. The number of methoxy groups -OCH3 is 1. The quantitative estimate of drug-likeness (QED) is 0.484. The third-order valence-corrected chi connectivity index (χ3v) is 2.83. The van der Waals surface area contributed by atoms with Crippen molar-refractivity contribution in [3.63, 3.8) is 0 Å². The summed E-state index contributed by atoms with van der Waals surface area (Å²) in [5, 5.41) is 11.0. The predicted molar refractivity (Wildman–Crippen MR) is 78.8 cm³/mol. The zero-order valence-corrected chi connectivity index (χ0v) is 12.3. The number of nitro groups is 1. The number of hydrogen-bond acceptors (Lipinski definition) is 4. The number of nitro benzene ring substituents is 1. The highest BCUT2D eigenvalue weighted by Gasteiger charge is 2.32. The van der Waals surface area contributed by atoms with Crippen LogP contribution in [0.4, 0.5) is 18.9 Å². The smallest absolute Gasteiger partial charge is 0.497 e. The Morgan fingerprint density at radius 3 is 2.21 bits per heavy atom. The summed E-state index contributed by atoms with van der Waals surface area (Å²) in [5.74, 6) is 5.22. The van der Waals surface area contributed by atoms with Crippen LogP contribution in [0.3, 0.4) is 0 Å². The molecule has 0 heterocycles. The van der Waals surface area contributed by atoms with Gasteiger partial charge in [-0.2, -0.15) is 0 Å². The third-order valence-electron chi connectivity index (χ3n) is 2.83. The molecule has 0 radical (unpaired) electrons. The highest BCUT2D eigenvalue weighted by atomic mass is 19.4. The summed E-state index contributed by atoms with van der Waals surface area (Å²) in [6.45, 7) is 0. The van der Waals surface area contributed by atoms with Crippen LogP contribution in [0.1, 0.15) is 11.1 Å². The topological polar surface area (TPSA) is 61.6 Å². The van der Waals surface area contributed by atoms with Crippen molar-refractivity contribution in [2.75, 3.05) is 7.11 Å². The van der Waals surface area contributed by atoms with Gasteiger partial charge in [-0.05, 0) is 36.4 Å². The summed E-state index contributed by atoms with van der Waals surface area (Å²) in [5.41, 5.74) is -0.0242. The Kier molecular flexibility index (Phi) is 4.94. The van der Waals surface area contributed by atoms with Crippen LogP contribution in [0.25, 0.3) is 0 Å². The fraction of sp³-hybridized carbons (Fsp3) is 0.125. The Bertz CT molecular complexity index is 805. The molecule has 0 saturated heterocycles. The average Bonchev–Trinajstić information content (AvgIpc) is 2.52. The van der Waals surface area contributed by atoms with E-state index in [1.165, 1.54) is 7.11 Å². The Labute approximate surface area is 134 Å². The minimum absolute atomic E-state index is 0.0228. The summed E-state index contributed by atoms with van der Waals surface area (Å²) >= 11 is 0. The number of benzene rings is 2. The van der Waals surface area contributed by atoms with E-state index in [0.717, 1.165) is 12.1 Å².